The summed E-state index contributed by atoms with van der Waals surface area (Å²) in [5.41, 5.74) is 1.18. The topological polar surface area (TPSA) is 131 Å². The average Bonchev–Trinajstić information content (AvgIpc) is 2.65. The van der Waals surface area contributed by atoms with E-state index in [2.05, 4.69) is 37.2 Å². The lowest BCUT2D eigenvalue weighted by Gasteiger charge is -2.09. The molecule has 12 heteroatoms. The Hall–Kier alpha value is -2.05. The van der Waals surface area contributed by atoms with Gasteiger partial charge in [-0.25, -0.2) is 4.21 Å². The lowest BCUT2D eigenvalue weighted by Crippen LogP contribution is -2.15. The van der Waals surface area contributed by atoms with Gasteiger partial charge in [0, 0.05) is 24.5 Å². The molecule has 10 nitrogen and oxygen atoms in total. The summed E-state index contributed by atoms with van der Waals surface area (Å²) in [5, 5.41) is 6.06. The molecule has 2 rings (SSSR count). The van der Waals surface area contributed by atoms with Crippen LogP contribution >= 0.6 is 11.6 Å². The number of anilines is 4. The summed E-state index contributed by atoms with van der Waals surface area (Å²) in [6.45, 7) is 4.87. The van der Waals surface area contributed by atoms with E-state index in [9.17, 15) is 4.21 Å². The van der Waals surface area contributed by atoms with Gasteiger partial charge in [0.05, 0.1) is 19.8 Å². The highest BCUT2D eigenvalue weighted by Crippen LogP contribution is 2.18. The molecular weight excluding hydrogens is 408 g/mol. The average molecular weight is 431 g/mol. The van der Waals surface area contributed by atoms with Crippen LogP contribution in [0.15, 0.2) is 24.3 Å². The summed E-state index contributed by atoms with van der Waals surface area (Å²) in [6.07, 6.45) is 0.989. The molecule has 0 aliphatic rings. The summed E-state index contributed by atoms with van der Waals surface area (Å²) >= 11 is 3.83. The van der Waals surface area contributed by atoms with Crippen molar-refractivity contribution >= 4 is 46.1 Å². The third-order valence-corrected chi connectivity index (χ3v) is 3.78. The molecule has 1 heterocycles. The van der Waals surface area contributed by atoms with E-state index in [0.29, 0.717) is 43.7 Å². The number of halogens is 1. The van der Waals surface area contributed by atoms with E-state index in [1.165, 1.54) is 0 Å². The van der Waals surface area contributed by atoms with Crippen LogP contribution in [0.3, 0.4) is 0 Å². The van der Waals surface area contributed by atoms with Crippen LogP contribution in [0.2, 0.25) is 5.28 Å². The zero-order valence-corrected chi connectivity index (χ0v) is 16.9. The quantitative estimate of drug-likeness (QED) is 0.279. The summed E-state index contributed by atoms with van der Waals surface area (Å²) in [5.74, 6) is 0.588. The highest BCUT2D eigenvalue weighted by molar-refractivity contribution is 7.80. The van der Waals surface area contributed by atoms with Gasteiger partial charge < -0.3 is 20.1 Å². The van der Waals surface area contributed by atoms with Crippen LogP contribution in [0, 0.1) is 0 Å². The summed E-state index contributed by atoms with van der Waals surface area (Å²) in [7, 11) is 0. The number of hydrogen-bond donors (Lipinski definition) is 4. The first-order valence-electron chi connectivity index (χ1n) is 8.62. The Labute approximate surface area is 170 Å². The first kappa shape index (κ1) is 22.2. The lowest BCUT2D eigenvalue weighted by atomic mass is 10.3. The van der Waals surface area contributed by atoms with E-state index in [-0.39, 0.29) is 11.2 Å². The molecule has 0 saturated carbocycles. The maximum atomic E-state index is 10.7. The fraction of sp³-hybridized carbons (Fsp3) is 0.438. The zero-order chi connectivity index (χ0) is 20.2. The van der Waals surface area contributed by atoms with Crippen LogP contribution in [0.25, 0.3) is 0 Å². The number of nitrogens with one attached hydrogen (secondary N) is 3. The second-order valence-corrected chi connectivity index (χ2v) is 6.50. The van der Waals surface area contributed by atoms with E-state index in [1.54, 1.807) is 24.3 Å². The summed E-state index contributed by atoms with van der Waals surface area (Å²) in [6, 6.07) is 6.68. The maximum absolute atomic E-state index is 10.7. The van der Waals surface area contributed by atoms with Crippen molar-refractivity contribution in [2.24, 2.45) is 0 Å². The van der Waals surface area contributed by atoms with Crippen molar-refractivity contribution in [1.29, 1.82) is 0 Å². The number of hydrogen-bond acceptors (Lipinski definition) is 8. The Bertz CT molecular complexity index is 752. The minimum absolute atomic E-state index is 0.0443. The van der Waals surface area contributed by atoms with Crippen LogP contribution in [-0.4, -0.2) is 56.7 Å². The number of benzene rings is 1. The van der Waals surface area contributed by atoms with Crippen molar-refractivity contribution < 1.29 is 18.2 Å². The van der Waals surface area contributed by atoms with E-state index in [0.717, 1.165) is 13.0 Å². The Kier molecular flexibility index (Phi) is 9.86. The second kappa shape index (κ2) is 12.4. The minimum Gasteiger partial charge on any atom is -0.379 e. The smallest absolute Gasteiger partial charge is 0.259 e. The van der Waals surface area contributed by atoms with Crippen LogP contribution < -0.4 is 15.4 Å². The molecule has 0 fully saturated rings. The molecule has 4 N–H and O–H groups in total. The summed E-state index contributed by atoms with van der Waals surface area (Å²) < 4.78 is 32.7. The first-order valence-corrected chi connectivity index (χ1v) is 10.1. The van der Waals surface area contributed by atoms with Crippen LogP contribution in [-0.2, 0) is 20.7 Å². The van der Waals surface area contributed by atoms with Crippen molar-refractivity contribution in [3.05, 3.63) is 29.5 Å². The highest BCUT2D eigenvalue weighted by Gasteiger charge is 2.06. The Balaban J connectivity index is 1.81. The monoisotopic (exact) mass is 430 g/mol. The van der Waals surface area contributed by atoms with E-state index in [1.807, 2.05) is 0 Å². The van der Waals surface area contributed by atoms with Crippen molar-refractivity contribution in [3.63, 3.8) is 0 Å². The summed E-state index contributed by atoms with van der Waals surface area (Å²) in [4.78, 5) is 12.3. The number of rotatable bonds is 13. The molecule has 0 radical (unpaired) electrons. The molecule has 0 saturated heterocycles. The van der Waals surface area contributed by atoms with Crippen molar-refractivity contribution in [2.75, 3.05) is 48.3 Å². The largest absolute Gasteiger partial charge is 0.379 e. The Morgan fingerprint density at radius 2 is 1.64 bits per heavy atom. The van der Waals surface area contributed by atoms with Gasteiger partial charge in [0.25, 0.3) is 11.3 Å². The molecule has 0 aliphatic carbocycles. The van der Waals surface area contributed by atoms with E-state index >= 15 is 0 Å². The van der Waals surface area contributed by atoms with Crippen molar-refractivity contribution in [1.82, 2.24) is 15.0 Å². The van der Waals surface area contributed by atoms with Crippen molar-refractivity contribution in [3.8, 4) is 0 Å². The first-order chi connectivity index (χ1) is 13.6. The number of nitrogens with zero attached hydrogens (tertiary/aromatic N) is 3. The molecular formula is C16H23ClN6O4S. The molecule has 0 amide bonds. The normalized spacial score (nSPS) is 11.8. The van der Waals surface area contributed by atoms with Crippen LogP contribution in [0.1, 0.15) is 13.3 Å². The van der Waals surface area contributed by atoms with Gasteiger partial charge >= 0.3 is 0 Å². The fourth-order valence-electron chi connectivity index (χ4n) is 2.04. The van der Waals surface area contributed by atoms with Crippen LogP contribution in [0.4, 0.5) is 23.3 Å². The molecule has 2 aromatic rings. The molecule has 1 aromatic carbocycles. The molecule has 1 unspecified atom stereocenters. The van der Waals surface area contributed by atoms with Gasteiger partial charge in [-0.2, -0.15) is 15.0 Å². The van der Waals surface area contributed by atoms with Gasteiger partial charge in [0.1, 0.15) is 0 Å². The fourth-order valence-corrected chi connectivity index (χ4v) is 2.54. The third-order valence-electron chi connectivity index (χ3n) is 3.20. The predicted octanol–water partition coefficient (Wildman–Crippen LogP) is 2.67. The van der Waals surface area contributed by atoms with Crippen LogP contribution in [0.5, 0.6) is 0 Å². The highest BCUT2D eigenvalue weighted by atomic mass is 35.5. The maximum Gasteiger partial charge on any atom is 0.259 e. The van der Waals surface area contributed by atoms with E-state index < -0.39 is 11.3 Å². The third kappa shape index (κ3) is 8.76. The molecule has 0 bridgehead atoms. The number of aromatic nitrogens is 3. The Morgan fingerprint density at radius 3 is 2.32 bits per heavy atom. The predicted molar refractivity (Wildman–Crippen MR) is 109 cm³/mol. The van der Waals surface area contributed by atoms with Gasteiger partial charge in [-0.3, -0.25) is 9.27 Å². The standard InChI is InChI=1S/C16H23ClN6O4S/c1-2-8-26-10-11-27-9-7-18-15-20-14(17)21-16(22-15)19-12-3-5-13(6-4-12)23-28(24)25/h3-6,23H,2,7-11H2,1H3,(H,24,25)(H2,18,19,20,21,22). The van der Waals surface area contributed by atoms with Gasteiger partial charge in [-0.05, 0) is 42.3 Å². The van der Waals surface area contributed by atoms with Gasteiger partial charge in [0.2, 0.25) is 17.2 Å². The SMILES string of the molecule is CCCOCCOCCNc1nc(Cl)nc(Nc2ccc(NS(=O)O)cc2)n1. The molecule has 0 aliphatic heterocycles. The minimum atomic E-state index is -2.12. The molecule has 154 valence electrons. The molecule has 28 heavy (non-hydrogen) atoms. The van der Waals surface area contributed by atoms with Crippen molar-refractivity contribution in [2.45, 2.75) is 13.3 Å². The molecule has 0 spiro atoms. The van der Waals surface area contributed by atoms with Gasteiger partial charge in [-0.1, -0.05) is 6.92 Å². The lowest BCUT2D eigenvalue weighted by molar-refractivity contribution is 0.0518. The zero-order valence-electron chi connectivity index (χ0n) is 15.4. The molecule has 1 aromatic heterocycles. The van der Waals surface area contributed by atoms with Gasteiger partial charge in [-0.15, -0.1) is 0 Å². The Morgan fingerprint density at radius 1 is 1.00 bits per heavy atom. The van der Waals surface area contributed by atoms with E-state index in [4.69, 9.17) is 25.6 Å². The number of ether oxygens (including phenoxy) is 2. The second-order valence-electron chi connectivity index (χ2n) is 5.46. The molecule has 1 atom stereocenters. The van der Waals surface area contributed by atoms with Gasteiger partial charge in [0.15, 0.2) is 0 Å².